The van der Waals surface area contributed by atoms with E-state index in [4.69, 9.17) is 8.83 Å². The Hall–Kier alpha value is -2.10. The molecule has 4 nitrogen and oxygen atoms in total. The molecule has 2 aromatic heterocycles. The van der Waals surface area contributed by atoms with Crippen LogP contribution in [0.25, 0.3) is 0 Å². The molecule has 0 fully saturated rings. The van der Waals surface area contributed by atoms with E-state index in [0.717, 1.165) is 0 Å². The molecule has 0 saturated carbocycles. The van der Waals surface area contributed by atoms with Crippen molar-refractivity contribution in [3.63, 3.8) is 0 Å². The molecule has 0 N–H and O–H groups in total. The third-order valence-corrected chi connectivity index (χ3v) is 2.52. The Morgan fingerprint density at radius 1 is 0.824 bits per heavy atom. The van der Waals surface area contributed by atoms with E-state index < -0.39 is 0 Å². The van der Waals surface area contributed by atoms with Gasteiger partial charge in [-0.2, -0.15) is 0 Å². The van der Waals surface area contributed by atoms with Gasteiger partial charge >= 0.3 is 11.3 Å². The molecule has 0 bridgehead atoms. The normalized spacial score (nSPS) is 10.4. The lowest BCUT2D eigenvalue weighted by Gasteiger charge is -1.99. The van der Waals surface area contributed by atoms with E-state index in [1.54, 1.807) is 24.3 Å². The molecule has 0 aliphatic carbocycles. The summed E-state index contributed by atoms with van der Waals surface area (Å²) in [5.41, 5.74) is 0.640. The molecule has 4 heteroatoms. The van der Waals surface area contributed by atoms with Crippen LogP contribution in [-0.2, 0) is 12.8 Å². The van der Waals surface area contributed by atoms with Gasteiger partial charge in [0.1, 0.15) is 0 Å². The van der Waals surface area contributed by atoms with E-state index in [-0.39, 0.29) is 11.3 Å². The fourth-order valence-corrected chi connectivity index (χ4v) is 1.64. The fraction of sp³-hybridized carbons (Fsp3) is 0.231. The molecule has 2 heterocycles. The maximum atomic E-state index is 11.3. The SMILES string of the molecule is O=c1occcc1CCCc1cccoc1=O. The van der Waals surface area contributed by atoms with Crippen molar-refractivity contribution in [3.05, 3.63) is 68.8 Å². The standard InChI is InChI=1S/C13H12O4/c14-12-10(6-2-8-16-12)4-1-5-11-7-3-9-17-13(11)15/h2-3,6-9H,1,4-5H2. The Morgan fingerprint density at radius 3 is 1.71 bits per heavy atom. The van der Waals surface area contributed by atoms with Crippen LogP contribution >= 0.6 is 0 Å². The van der Waals surface area contributed by atoms with Gasteiger partial charge in [-0.3, -0.25) is 0 Å². The Balaban J connectivity index is 1.97. The Morgan fingerprint density at radius 2 is 1.29 bits per heavy atom. The minimum Gasteiger partial charge on any atom is -0.431 e. The second-order valence-corrected chi connectivity index (χ2v) is 3.71. The quantitative estimate of drug-likeness (QED) is 0.806. The first-order valence-corrected chi connectivity index (χ1v) is 5.41. The lowest BCUT2D eigenvalue weighted by atomic mass is 10.1. The first-order chi connectivity index (χ1) is 8.27. The Kier molecular flexibility index (Phi) is 3.55. The number of hydrogen-bond donors (Lipinski definition) is 0. The van der Waals surface area contributed by atoms with E-state index >= 15 is 0 Å². The zero-order valence-corrected chi connectivity index (χ0v) is 9.22. The molecule has 88 valence electrons. The van der Waals surface area contributed by atoms with Crippen molar-refractivity contribution in [1.29, 1.82) is 0 Å². The maximum Gasteiger partial charge on any atom is 0.338 e. The van der Waals surface area contributed by atoms with E-state index in [1.807, 2.05) is 0 Å². The first kappa shape index (κ1) is 11.4. The van der Waals surface area contributed by atoms with Gasteiger partial charge in [0.25, 0.3) is 0 Å². The summed E-state index contributed by atoms with van der Waals surface area (Å²) in [5, 5.41) is 0. The molecule has 0 aliphatic rings. The van der Waals surface area contributed by atoms with E-state index in [0.29, 0.717) is 30.4 Å². The van der Waals surface area contributed by atoms with Gasteiger partial charge in [-0.05, 0) is 43.5 Å². The zero-order valence-electron chi connectivity index (χ0n) is 9.22. The lowest BCUT2D eigenvalue weighted by Crippen LogP contribution is -2.09. The zero-order chi connectivity index (χ0) is 12.1. The van der Waals surface area contributed by atoms with Gasteiger partial charge in [0, 0.05) is 11.1 Å². The minimum absolute atomic E-state index is 0.312. The van der Waals surface area contributed by atoms with Crippen molar-refractivity contribution >= 4 is 0 Å². The van der Waals surface area contributed by atoms with Gasteiger partial charge in [-0.1, -0.05) is 0 Å². The maximum absolute atomic E-state index is 11.3. The predicted molar refractivity (Wildman–Crippen MR) is 62.0 cm³/mol. The smallest absolute Gasteiger partial charge is 0.338 e. The molecule has 0 saturated heterocycles. The van der Waals surface area contributed by atoms with E-state index in [2.05, 4.69) is 0 Å². The second kappa shape index (κ2) is 5.30. The lowest BCUT2D eigenvalue weighted by molar-refractivity contribution is 0.494. The van der Waals surface area contributed by atoms with Gasteiger partial charge in [0.15, 0.2) is 0 Å². The molecule has 17 heavy (non-hydrogen) atoms. The minimum atomic E-state index is -0.312. The largest absolute Gasteiger partial charge is 0.431 e. The van der Waals surface area contributed by atoms with Crippen LogP contribution < -0.4 is 11.3 Å². The number of rotatable bonds is 4. The summed E-state index contributed by atoms with van der Waals surface area (Å²) in [7, 11) is 0. The van der Waals surface area contributed by atoms with Crippen molar-refractivity contribution in [2.75, 3.05) is 0 Å². The van der Waals surface area contributed by atoms with Crippen LogP contribution in [0.15, 0.2) is 55.2 Å². The van der Waals surface area contributed by atoms with Gasteiger partial charge < -0.3 is 8.83 Å². The van der Waals surface area contributed by atoms with Crippen LogP contribution in [0, 0.1) is 0 Å². The van der Waals surface area contributed by atoms with Crippen molar-refractivity contribution < 1.29 is 8.83 Å². The Bertz CT molecular complexity index is 541. The highest BCUT2D eigenvalue weighted by molar-refractivity contribution is 5.10. The summed E-state index contributed by atoms with van der Waals surface area (Å²) in [6, 6.07) is 6.85. The van der Waals surface area contributed by atoms with E-state index in [1.165, 1.54) is 12.5 Å². The number of hydrogen-bond acceptors (Lipinski definition) is 4. The second-order valence-electron chi connectivity index (χ2n) is 3.71. The number of aryl methyl sites for hydroxylation is 2. The van der Waals surface area contributed by atoms with Crippen molar-refractivity contribution in [2.24, 2.45) is 0 Å². The van der Waals surface area contributed by atoms with Crippen LogP contribution in [0.5, 0.6) is 0 Å². The van der Waals surface area contributed by atoms with Crippen LogP contribution in [0.3, 0.4) is 0 Å². The van der Waals surface area contributed by atoms with Gasteiger partial charge in [0.2, 0.25) is 0 Å². The van der Waals surface area contributed by atoms with Crippen molar-refractivity contribution in [1.82, 2.24) is 0 Å². The van der Waals surface area contributed by atoms with Crippen molar-refractivity contribution in [2.45, 2.75) is 19.3 Å². The molecule has 0 atom stereocenters. The third-order valence-electron chi connectivity index (χ3n) is 2.52. The molecule has 0 aliphatic heterocycles. The summed E-state index contributed by atoms with van der Waals surface area (Å²) in [5.74, 6) is 0. The van der Waals surface area contributed by atoms with Crippen LogP contribution in [0.2, 0.25) is 0 Å². The monoisotopic (exact) mass is 232 g/mol. The summed E-state index contributed by atoms with van der Waals surface area (Å²) in [6.45, 7) is 0. The molecule has 0 unspecified atom stereocenters. The predicted octanol–water partition coefficient (Wildman–Crippen LogP) is 1.77. The third kappa shape index (κ3) is 2.93. The molecule has 0 amide bonds. The molecule has 0 spiro atoms. The van der Waals surface area contributed by atoms with Crippen LogP contribution in [0.1, 0.15) is 17.5 Å². The summed E-state index contributed by atoms with van der Waals surface area (Å²) >= 11 is 0. The average Bonchev–Trinajstić information content (AvgIpc) is 2.34. The van der Waals surface area contributed by atoms with Gasteiger partial charge in [-0.15, -0.1) is 0 Å². The average molecular weight is 232 g/mol. The summed E-state index contributed by atoms with van der Waals surface area (Å²) in [4.78, 5) is 22.6. The molecule has 0 aromatic carbocycles. The molecule has 2 aromatic rings. The first-order valence-electron chi connectivity index (χ1n) is 5.41. The Labute approximate surface area is 97.5 Å². The van der Waals surface area contributed by atoms with Crippen LogP contribution in [-0.4, -0.2) is 0 Å². The molecule has 2 rings (SSSR count). The van der Waals surface area contributed by atoms with Crippen molar-refractivity contribution in [3.8, 4) is 0 Å². The highest BCUT2D eigenvalue weighted by Gasteiger charge is 2.03. The van der Waals surface area contributed by atoms with Gasteiger partial charge in [-0.25, -0.2) is 9.59 Å². The summed E-state index contributed by atoms with van der Waals surface area (Å²) in [6.07, 6.45) is 4.62. The topological polar surface area (TPSA) is 60.4 Å². The van der Waals surface area contributed by atoms with E-state index in [9.17, 15) is 9.59 Å². The molecular formula is C13H12O4. The molecule has 0 radical (unpaired) electrons. The van der Waals surface area contributed by atoms with Gasteiger partial charge in [0.05, 0.1) is 12.5 Å². The highest BCUT2D eigenvalue weighted by Crippen LogP contribution is 2.02. The summed E-state index contributed by atoms with van der Waals surface area (Å²) < 4.78 is 9.50. The highest BCUT2D eigenvalue weighted by atomic mass is 16.4. The molecular weight excluding hydrogens is 220 g/mol. The van der Waals surface area contributed by atoms with Crippen LogP contribution in [0.4, 0.5) is 0 Å². The fourth-order valence-electron chi connectivity index (χ4n) is 1.64.